The highest BCUT2D eigenvalue weighted by atomic mass is 19.1. The van der Waals surface area contributed by atoms with E-state index in [0.29, 0.717) is 0 Å². The maximum atomic E-state index is 14.8. The molecule has 1 aliphatic heterocycles. The van der Waals surface area contributed by atoms with Gasteiger partial charge in [-0.2, -0.15) is 0 Å². The van der Waals surface area contributed by atoms with E-state index in [4.69, 9.17) is 18.9 Å². The molecule has 26 heavy (non-hydrogen) atoms. The molecule has 0 saturated carbocycles. The molecule has 0 aromatic carbocycles. The second kappa shape index (κ2) is 10.0. The first-order chi connectivity index (χ1) is 12.1. The summed E-state index contributed by atoms with van der Waals surface area (Å²) in [7, 11) is 1.52. The zero-order valence-electron chi connectivity index (χ0n) is 14.9. The van der Waals surface area contributed by atoms with E-state index in [2.05, 4.69) is 10.6 Å². The molecule has 5 atom stereocenters. The summed E-state index contributed by atoms with van der Waals surface area (Å²) in [6.45, 7) is 2.80. The van der Waals surface area contributed by atoms with Crippen molar-refractivity contribution >= 4 is 23.8 Å². The van der Waals surface area contributed by atoms with E-state index in [1.807, 2.05) is 0 Å². The average Bonchev–Trinajstić information content (AvgIpc) is 2.51. The number of carbonyl (C=O) groups is 4. The number of hydrogen-bond acceptors (Lipinski definition) is 9. The standard InChI is InChI=1S/C15H23FN2O8/c1-7(19)23-6-10-13(24-8(2)20)14(25-9(3)21)12(16)15(26-10)18-11(22)5-17-4/h10,12-15,17H,5-6H2,1-4H3,(H,18,22)/t10-,12-,13-,14-,15-/m1/s1. The van der Waals surface area contributed by atoms with Crippen molar-refractivity contribution in [2.75, 3.05) is 20.2 Å². The molecule has 148 valence electrons. The predicted molar refractivity (Wildman–Crippen MR) is 83.4 cm³/mol. The Labute approximate surface area is 149 Å². The normalized spacial score (nSPS) is 28.0. The largest absolute Gasteiger partial charge is 0.463 e. The Hall–Kier alpha value is -2.27. The van der Waals surface area contributed by atoms with Gasteiger partial charge in [0.25, 0.3) is 0 Å². The second-order valence-electron chi connectivity index (χ2n) is 5.59. The zero-order chi connectivity index (χ0) is 19.9. The summed E-state index contributed by atoms with van der Waals surface area (Å²) in [6, 6.07) is 0. The molecular formula is C15H23FN2O8. The minimum Gasteiger partial charge on any atom is -0.463 e. The van der Waals surface area contributed by atoms with Gasteiger partial charge in [0.05, 0.1) is 6.54 Å². The molecule has 0 aromatic heterocycles. The van der Waals surface area contributed by atoms with Crippen LogP contribution in [0.25, 0.3) is 0 Å². The monoisotopic (exact) mass is 378 g/mol. The first kappa shape index (κ1) is 21.8. The van der Waals surface area contributed by atoms with Crippen LogP contribution in [0, 0.1) is 0 Å². The van der Waals surface area contributed by atoms with Crippen LogP contribution in [0.15, 0.2) is 0 Å². The van der Waals surface area contributed by atoms with Gasteiger partial charge in [-0.05, 0) is 7.05 Å². The summed E-state index contributed by atoms with van der Waals surface area (Å²) in [6.07, 6.45) is -7.57. The van der Waals surface area contributed by atoms with Gasteiger partial charge in [0.15, 0.2) is 24.6 Å². The molecule has 1 saturated heterocycles. The lowest BCUT2D eigenvalue weighted by Gasteiger charge is -2.42. The molecule has 2 N–H and O–H groups in total. The molecule has 0 aliphatic carbocycles. The van der Waals surface area contributed by atoms with Crippen molar-refractivity contribution in [3.63, 3.8) is 0 Å². The molecule has 1 aliphatic rings. The number of alkyl halides is 1. The van der Waals surface area contributed by atoms with Gasteiger partial charge in [0.2, 0.25) is 5.91 Å². The van der Waals surface area contributed by atoms with E-state index in [1.54, 1.807) is 0 Å². The fraction of sp³-hybridized carbons (Fsp3) is 0.733. The van der Waals surface area contributed by atoms with Gasteiger partial charge in [-0.1, -0.05) is 0 Å². The highest BCUT2D eigenvalue weighted by Gasteiger charge is 2.51. The molecule has 0 aromatic rings. The van der Waals surface area contributed by atoms with Gasteiger partial charge in [0, 0.05) is 20.8 Å². The molecule has 10 nitrogen and oxygen atoms in total. The summed E-state index contributed by atoms with van der Waals surface area (Å²) in [4.78, 5) is 45.5. The third kappa shape index (κ3) is 6.56. The fourth-order valence-electron chi connectivity index (χ4n) is 2.38. The van der Waals surface area contributed by atoms with Crippen LogP contribution in [0.5, 0.6) is 0 Å². The van der Waals surface area contributed by atoms with E-state index in [1.165, 1.54) is 7.05 Å². The van der Waals surface area contributed by atoms with E-state index < -0.39 is 61.1 Å². The molecule has 0 radical (unpaired) electrons. The Balaban J connectivity index is 3.07. The molecule has 1 amide bonds. The Morgan fingerprint density at radius 3 is 2.08 bits per heavy atom. The van der Waals surface area contributed by atoms with Crippen molar-refractivity contribution in [2.24, 2.45) is 0 Å². The van der Waals surface area contributed by atoms with Crippen molar-refractivity contribution in [2.45, 2.75) is 51.5 Å². The van der Waals surface area contributed by atoms with Crippen LogP contribution in [0.4, 0.5) is 4.39 Å². The SMILES string of the molecule is CNCC(=O)N[C@@H]1O[C@H](COC(C)=O)[C@@H](OC(C)=O)[C@H](OC(C)=O)[C@H]1F. The lowest BCUT2D eigenvalue weighted by Crippen LogP contribution is -2.64. The summed E-state index contributed by atoms with van der Waals surface area (Å²) >= 11 is 0. The number of esters is 3. The van der Waals surface area contributed by atoms with Gasteiger partial charge in [-0.25, -0.2) is 4.39 Å². The zero-order valence-corrected chi connectivity index (χ0v) is 14.9. The smallest absolute Gasteiger partial charge is 0.303 e. The van der Waals surface area contributed by atoms with Crippen molar-refractivity contribution < 1.29 is 42.5 Å². The maximum Gasteiger partial charge on any atom is 0.303 e. The number of halogens is 1. The highest BCUT2D eigenvalue weighted by Crippen LogP contribution is 2.28. The third-order valence-electron chi connectivity index (χ3n) is 3.31. The van der Waals surface area contributed by atoms with Crippen molar-refractivity contribution in [3.05, 3.63) is 0 Å². The van der Waals surface area contributed by atoms with E-state index in [9.17, 15) is 23.6 Å². The number of rotatable bonds is 7. The van der Waals surface area contributed by atoms with Crippen LogP contribution in [-0.4, -0.2) is 74.7 Å². The molecule has 1 fully saturated rings. The quantitative estimate of drug-likeness (QED) is 0.415. The molecule has 0 bridgehead atoms. The van der Waals surface area contributed by atoms with Gasteiger partial charge in [-0.3, -0.25) is 19.2 Å². The van der Waals surface area contributed by atoms with Crippen LogP contribution < -0.4 is 10.6 Å². The van der Waals surface area contributed by atoms with Crippen molar-refractivity contribution in [1.29, 1.82) is 0 Å². The number of nitrogens with one attached hydrogen (secondary N) is 2. The lowest BCUT2D eigenvalue weighted by atomic mass is 9.98. The first-order valence-corrected chi connectivity index (χ1v) is 7.87. The number of hydrogen-bond donors (Lipinski definition) is 2. The first-order valence-electron chi connectivity index (χ1n) is 7.87. The highest BCUT2D eigenvalue weighted by molar-refractivity contribution is 5.78. The minimum atomic E-state index is -2.02. The molecule has 1 heterocycles. The predicted octanol–water partition coefficient (Wildman–Crippen LogP) is -1.19. The van der Waals surface area contributed by atoms with E-state index in [0.717, 1.165) is 20.8 Å². The molecule has 0 spiro atoms. The number of ether oxygens (including phenoxy) is 4. The average molecular weight is 378 g/mol. The van der Waals surface area contributed by atoms with Gasteiger partial charge < -0.3 is 29.6 Å². The van der Waals surface area contributed by atoms with Crippen LogP contribution >= 0.6 is 0 Å². The molecule has 0 unspecified atom stereocenters. The second-order valence-corrected chi connectivity index (χ2v) is 5.59. The topological polar surface area (TPSA) is 129 Å². The Kier molecular flexibility index (Phi) is 8.39. The van der Waals surface area contributed by atoms with Crippen LogP contribution in [0.2, 0.25) is 0 Å². The summed E-state index contributed by atoms with van der Waals surface area (Å²) in [5.74, 6) is -2.80. The van der Waals surface area contributed by atoms with Crippen LogP contribution in [-0.2, 0) is 38.1 Å². The number of amides is 1. The Morgan fingerprint density at radius 1 is 1.00 bits per heavy atom. The lowest BCUT2D eigenvalue weighted by molar-refractivity contribution is -0.239. The Morgan fingerprint density at radius 2 is 1.58 bits per heavy atom. The van der Waals surface area contributed by atoms with Crippen LogP contribution in [0.1, 0.15) is 20.8 Å². The summed E-state index contributed by atoms with van der Waals surface area (Å²) in [5.41, 5.74) is 0. The maximum absolute atomic E-state index is 14.8. The van der Waals surface area contributed by atoms with Crippen molar-refractivity contribution in [3.8, 4) is 0 Å². The van der Waals surface area contributed by atoms with Gasteiger partial charge >= 0.3 is 17.9 Å². The third-order valence-corrected chi connectivity index (χ3v) is 3.31. The van der Waals surface area contributed by atoms with Gasteiger partial charge in [0.1, 0.15) is 12.7 Å². The van der Waals surface area contributed by atoms with E-state index in [-0.39, 0.29) is 6.54 Å². The molecule has 1 rings (SSSR count). The number of carbonyl (C=O) groups excluding carboxylic acids is 4. The summed E-state index contributed by atoms with van der Waals surface area (Å²) in [5, 5.41) is 4.88. The molecular weight excluding hydrogens is 355 g/mol. The Bertz CT molecular complexity index is 544. The summed E-state index contributed by atoms with van der Waals surface area (Å²) < 4.78 is 35.0. The van der Waals surface area contributed by atoms with Crippen molar-refractivity contribution in [1.82, 2.24) is 10.6 Å². The fourth-order valence-corrected chi connectivity index (χ4v) is 2.38. The van der Waals surface area contributed by atoms with Gasteiger partial charge in [-0.15, -0.1) is 0 Å². The van der Waals surface area contributed by atoms with E-state index >= 15 is 0 Å². The number of likely N-dealkylation sites (N-methyl/N-ethyl adjacent to an activating group) is 1. The molecule has 11 heteroatoms. The minimum absolute atomic E-state index is 0.104. The van der Waals surface area contributed by atoms with Crippen LogP contribution in [0.3, 0.4) is 0 Å².